The van der Waals surface area contributed by atoms with E-state index in [1.54, 1.807) is 18.2 Å². The fourth-order valence-corrected chi connectivity index (χ4v) is 7.35. The van der Waals surface area contributed by atoms with Gasteiger partial charge in [-0.2, -0.15) is 15.3 Å². The number of carbonyl (C=O) groups is 1. The number of aromatic nitrogens is 7. The van der Waals surface area contributed by atoms with Gasteiger partial charge in [0.1, 0.15) is 30.2 Å². The maximum absolute atomic E-state index is 13.2. The van der Waals surface area contributed by atoms with Crippen LogP contribution in [0.15, 0.2) is 91.3 Å². The minimum atomic E-state index is -0.291. The highest BCUT2D eigenvalue weighted by Crippen LogP contribution is 2.31. The Balaban J connectivity index is 0.000000160. The molecule has 1 amide bonds. The molecule has 2 fully saturated rings. The number of ether oxygens (including phenoxy) is 2. The van der Waals surface area contributed by atoms with Crippen LogP contribution in [0, 0.1) is 5.82 Å². The average molecular weight is 771 g/mol. The number of piperidine rings is 1. The van der Waals surface area contributed by atoms with Crippen molar-refractivity contribution in [3.05, 3.63) is 103 Å². The van der Waals surface area contributed by atoms with Gasteiger partial charge >= 0.3 is 0 Å². The van der Waals surface area contributed by atoms with Crippen LogP contribution in [0.25, 0.3) is 55.7 Å². The molecule has 0 unspecified atom stereocenters. The van der Waals surface area contributed by atoms with Crippen LogP contribution in [0.2, 0.25) is 0 Å². The van der Waals surface area contributed by atoms with Gasteiger partial charge in [0.05, 0.1) is 29.9 Å². The zero-order valence-corrected chi connectivity index (χ0v) is 31.8. The van der Waals surface area contributed by atoms with E-state index in [2.05, 4.69) is 68.9 Å². The third-order valence-electron chi connectivity index (χ3n) is 10.5. The summed E-state index contributed by atoms with van der Waals surface area (Å²) in [5, 5.41) is 26.7. The second-order valence-electron chi connectivity index (χ2n) is 14.3. The third kappa shape index (κ3) is 9.54. The first-order chi connectivity index (χ1) is 28.1. The molecule has 0 spiro atoms. The van der Waals surface area contributed by atoms with Crippen molar-refractivity contribution in [1.82, 2.24) is 50.7 Å². The van der Waals surface area contributed by atoms with Crippen LogP contribution in [-0.4, -0.2) is 117 Å². The Hall–Kier alpha value is -5.96. The lowest BCUT2D eigenvalue weighted by atomic mass is 10.1. The summed E-state index contributed by atoms with van der Waals surface area (Å²) in [4.78, 5) is 21.6. The topological polar surface area (TPSA) is 153 Å². The number of hydrogen-bond donors (Lipinski definition) is 4. The van der Waals surface area contributed by atoms with E-state index in [1.165, 1.54) is 50.8 Å². The molecule has 14 heteroatoms. The predicted molar refractivity (Wildman–Crippen MR) is 218 cm³/mol. The second kappa shape index (κ2) is 18.3. The Kier molecular flexibility index (Phi) is 12.2. The molecule has 0 bridgehead atoms. The fraction of sp³-hybridized carbons (Fsp3) is 0.326. The molecule has 3 aromatic heterocycles. The number of morpholine rings is 1. The molecule has 2 aliphatic heterocycles. The van der Waals surface area contributed by atoms with E-state index in [0.717, 1.165) is 102 Å². The maximum Gasteiger partial charge on any atom is 0.251 e. The first-order valence-corrected chi connectivity index (χ1v) is 19.7. The summed E-state index contributed by atoms with van der Waals surface area (Å²) >= 11 is 0. The molecule has 13 nitrogen and oxygen atoms in total. The Labute approximate surface area is 330 Å². The molecular formula is C43H47FN10O3. The smallest absolute Gasteiger partial charge is 0.251 e. The summed E-state index contributed by atoms with van der Waals surface area (Å²) < 4.78 is 24.6. The molecule has 2 aliphatic rings. The molecule has 2 saturated heterocycles. The van der Waals surface area contributed by atoms with E-state index in [4.69, 9.17) is 9.47 Å². The van der Waals surface area contributed by atoms with Gasteiger partial charge in [0, 0.05) is 59.2 Å². The monoisotopic (exact) mass is 770 g/mol. The molecule has 0 aliphatic carbocycles. The normalized spacial score (nSPS) is 15.0. The third-order valence-corrected chi connectivity index (χ3v) is 10.5. The number of rotatable bonds is 12. The van der Waals surface area contributed by atoms with Crippen LogP contribution >= 0.6 is 0 Å². The zero-order valence-electron chi connectivity index (χ0n) is 31.8. The van der Waals surface area contributed by atoms with E-state index in [1.807, 2.05) is 36.4 Å². The lowest BCUT2D eigenvalue weighted by molar-refractivity contribution is 0.0374. The number of hydrogen-bond acceptors (Lipinski definition) is 9. The summed E-state index contributed by atoms with van der Waals surface area (Å²) in [6.07, 6.45) is 6.38. The van der Waals surface area contributed by atoms with Gasteiger partial charge in [0.2, 0.25) is 0 Å². The van der Waals surface area contributed by atoms with Crippen molar-refractivity contribution in [2.24, 2.45) is 0 Å². The first-order valence-electron chi connectivity index (χ1n) is 19.7. The molecule has 0 radical (unpaired) electrons. The molecule has 4 N–H and O–H groups in total. The number of H-pyrrole nitrogens is 3. The van der Waals surface area contributed by atoms with Crippen LogP contribution in [-0.2, 0) is 4.74 Å². The van der Waals surface area contributed by atoms with Gasteiger partial charge in [0.15, 0.2) is 5.82 Å². The number of likely N-dealkylation sites (tertiary alicyclic amines) is 1. The Morgan fingerprint density at radius 1 is 0.754 bits per heavy atom. The summed E-state index contributed by atoms with van der Waals surface area (Å²) in [6, 6.07) is 25.9. The van der Waals surface area contributed by atoms with Crippen molar-refractivity contribution in [3.8, 4) is 39.7 Å². The summed E-state index contributed by atoms with van der Waals surface area (Å²) in [5.41, 5.74) is 6.83. The van der Waals surface area contributed by atoms with Gasteiger partial charge in [0.25, 0.3) is 5.91 Å². The van der Waals surface area contributed by atoms with Crippen LogP contribution in [0.3, 0.4) is 0 Å². The van der Waals surface area contributed by atoms with Gasteiger partial charge in [-0.1, -0.05) is 18.6 Å². The highest BCUT2D eigenvalue weighted by Gasteiger charge is 2.15. The molecule has 7 aromatic rings. The summed E-state index contributed by atoms with van der Waals surface area (Å²) in [6.45, 7) is 9.14. The number of aromatic amines is 3. The Bertz CT molecular complexity index is 2360. The quantitative estimate of drug-likeness (QED) is 0.0995. The highest BCUT2D eigenvalue weighted by molar-refractivity contribution is 6.01. The average Bonchev–Trinajstić information content (AvgIpc) is 4.05. The molecule has 0 saturated carbocycles. The van der Waals surface area contributed by atoms with Crippen LogP contribution in [0.5, 0.6) is 5.75 Å². The number of nitrogens with zero attached hydrogens (tertiary/aromatic N) is 6. The SMILES string of the molecule is O=C(NCCCN1CCOCC1)c1ccc2[nH]nc(-c3ccc(F)cc3)c2c1.c1cc(OCCN2CCCCC2)cc(-c2n[nH]c3ccc(-c4ncn[nH]4)cc23)c1. The molecule has 294 valence electrons. The van der Waals surface area contributed by atoms with E-state index in [-0.39, 0.29) is 11.7 Å². The van der Waals surface area contributed by atoms with E-state index < -0.39 is 0 Å². The van der Waals surface area contributed by atoms with Crippen LogP contribution in [0.1, 0.15) is 36.0 Å². The van der Waals surface area contributed by atoms with Crippen LogP contribution < -0.4 is 10.1 Å². The predicted octanol–water partition coefficient (Wildman–Crippen LogP) is 6.70. The highest BCUT2D eigenvalue weighted by atomic mass is 19.1. The number of fused-ring (bicyclic) bond motifs is 2. The number of amides is 1. The Morgan fingerprint density at radius 3 is 2.25 bits per heavy atom. The lowest BCUT2D eigenvalue weighted by Gasteiger charge is -2.26. The van der Waals surface area contributed by atoms with E-state index in [0.29, 0.717) is 24.4 Å². The second-order valence-corrected chi connectivity index (χ2v) is 14.3. The van der Waals surface area contributed by atoms with Crippen molar-refractivity contribution in [3.63, 3.8) is 0 Å². The number of nitrogens with one attached hydrogen (secondary N) is 4. The van der Waals surface area contributed by atoms with Crippen molar-refractivity contribution in [2.45, 2.75) is 25.7 Å². The van der Waals surface area contributed by atoms with Gasteiger partial charge < -0.3 is 14.8 Å². The molecule has 5 heterocycles. The van der Waals surface area contributed by atoms with Gasteiger partial charge in [-0.3, -0.25) is 29.9 Å². The molecule has 0 atom stereocenters. The minimum Gasteiger partial charge on any atom is -0.492 e. The van der Waals surface area contributed by atoms with Gasteiger partial charge in [-0.15, -0.1) is 0 Å². The number of halogens is 1. The Morgan fingerprint density at radius 2 is 1.47 bits per heavy atom. The molecule has 57 heavy (non-hydrogen) atoms. The van der Waals surface area contributed by atoms with Crippen LogP contribution in [0.4, 0.5) is 4.39 Å². The standard InChI is InChI=1S/C22H24N6O.C21H23FN4O2/c1-2-9-28(10-3-1)11-12-29-18-6-4-5-16(13-18)21-19-14-17(22-23-15-24-27-22)7-8-20(19)25-26-21;22-17-5-2-15(3-6-17)20-18-14-16(4-7-19(18)24-25-20)21(27)23-8-1-9-26-10-12-28-13-11-26/h4-8,13-15H,1-3,9-12H2,(H,25,26)(H,23,24,27);2-7,14H,1,8-13H2,(H,23,27)(H,24,25). The van der Waals surface area contributed by atoms with E-state index in [9.17, 15) is 9.18 Å². The lowest BCUT2D eigenvalue weighted by Crippen LogP contribution is -2.38. The summed E-state index contributed by atoms with van der Waals surface area (Å²) in [5.74, 6) is 1.23. The van der Waals surface area contributed by atoms with Gasteiger partial charge in [-0.05, 0) is 112 Å². The minimum absolute atomic E-state index is 0.102. The zero-order chi connectivity index (χ0) is 38.8. The van der Waals surface area contributed by atoms with Crippen molar-refractivity contribution in [2.75, 3.05) is 65.6 Å². The number of carbonyl (C=O) groups excluding carboxylic acids is 1. The van der Waals surface area contributed by atoms with Crippen molar-refractivity contribution in [1.29, 1.82) is 0 Å². The maximum atomic E-state index is 13.2. The molecule has 4 aromatic carbocycles. The molecular weight excluding hydrogens is 724 g/mol. The van der Waals surface area contributed by atoms with Crippen molar-refractivity contribution >= 4 is 27.7 Å². The number of benzene rings is 4. The van der Waals surface area contributed by atoms with E-state index >= 15 is 0 Å². The first kappa shape index (κ1) is 37.9. The van der Waals surface area contributed by atoms with Crippen molar-refractivity contribution < 1.29 is 18.7 Å². The van der Waals surface area contributed by atoms with Gasteiger partial charge in [-0.25, -0.2) is 9.37 Å². The fourth-order valence-electron chi connectivity index (χ4n) is 7.35. The molecule has 9 rings (SSSR count). The largest absolute Gasteiger partial charge is 0.492 e. The summed E-state index contributed by atoms with van der Waals surface area (Å²) in [7, 11) is 0.